The largest absolute Gasteiger partial charge is 0.423 e. The third kappa shape index (κ3) is 3.67. The number of nitrogens with two attached hydrogens (primary N) is 1. The summed E-state index contributed by atoms with van der Waals surface area (Å²) in [6, 6.07) is 4.09. The molecule has 3 N–H and O–H groups in total. The van der Waals surface area contributed by atoms with Crippen molar-refractivity contribution in [3.8, 4) is 0 Å². The van der Waals surface area contributed by atoms with Gasteiger partial charge in [-0.1, -0.05) is 18.5 Å². The SMILES string of the molecule is CCNCC(OCC1CC1)(c1cc(Cl)ccc1N)C(F)(F)F. The third-order valence-corrected chi connectivity index (χ3v) is 4.03. The van der Waals surface area contributed by atoms with Gasteiger partial charge in [0.1, 0.15) is 0 Å². The molecular weight excluding hydrogens is 317 g/mol. The van der Waals surface area contributed by atoms with Gasteiger partial charge in [0.25, 0.3) is 0 Å². The van der Waals surface area contributed by atoms with E-state index in [0.717, 1.165) is 12.8 Å². The van der Waals surface area contributed by atoms with Gasteiger partial charge < -0.3 is 15.8 Å². The lowest BCUT2D eigenvalue weighted by molar-refractivity contribution is -0.283. The number of anilines is 1. The van der Waals surface area contributed by atoms with E-state index in [9.17, 15) is 13.2 Å². The van der Waals surface area contributed by atoms with E-state index in [0.29, 0.717) is 6.54 Å². The number of hydrogen-bond acceptors (Lipinski definition) is 3. The molecular formula is C15H20ClF3N2O. The quantitative estimate of drug-likeness (QED) is 0.746. The maximum absolute atomic E-state index is 13.9. The van der Waals surface area contributed by atoms with Crippen molar-refractivity contribution in [1.82, 2.24) is 5.32 Å². The van der Waals surface area contributed by atoms with Gasteiger partial charge in [0, 0.05) is 22.8 Å². The van der Waals surface area contributed by atoms with E-state index in [2.05, 4.69) is 5.32 Å². The second-order valence-electron chi connectivity index (χ2n) is 5.59. The van der Waals surface area contributed by atoms with Crippen molar-refractivity contribution >= 4 is 17.3 Å². The van der Waals surface area contributed by atoms with Gasteiger partial charge in [0.05, 0.1) is 6.61 Å². The normalized spacial score (nSPS) is 18.2. The monoisotopic (exact) mass is 336 g/mol. The van der Waals surface area contributed by atoms with E-state index >= 15 is 0 Å². The number of halogens is 4. The molecule has 1 saturated carbocycles. The highest BCUT2D eigenvalue weighted by atomic mass is 35.5. The Hall–Kier alpha value is -0.980. The highest BCUT2D eigenvalue weighted by Gasteiger charge is 2.58. The summed E-state index contributed by atoms with van der Waals surface area (Å²) in [5.41, 5.74) is 3.21. The van der Waals surface area contributed by atoms with E-state index < -0.39 is 18.3 Å². The minimum atomic E-state index is -4.61. The summed E-state index contributed by atoms with van der Waals surface area (Å²) in [5, 5.41) is 2.94. The van der Waals surface area contributed by atoms with Crippen molar-refractivity contribution in [2.24, 2.45) is 5.92 Å². The molecule has 3 nitrogen and oxygen atoms in total. The Bertz CT molecular complexity index is 520. The summed E-state index contributed by atoms with van der Waals surface area (Å²) < 4.78 is 47.1. The number of likely N-dealkylation sites (N-methyl/N-ethyl adjacent to an activating group) is 1. The Morgan fingerprint density at radius 2 is 2.05 bits per heavy atom. The smallest absolute Gasteiger partial charge is 0.398 e. The number of hydrogen-bond donors (Lipinski definition) is 2. The van der Waals surface area contributed by atoms with Crippen molar-refractivity contribution in [2.75, 3.05) is 25.4 Å². The van der Waals surface area contributed by atoms with E-state index in [1.807, 2.05) is 0 Å². The zero-order chi connectivity index (χ0) is 16.4. The van der Waals surface area contributed by atoms with E-state index in [1.54, 1.807) is 6.92 Å². The summed E-state index contributed by atoms with van der Waals surface area (Å²) in [6.07, 6.45) is -2.80. The molecule has 1 fully saturated rings. The molecule has 0 aliphatic heterocycles. The van der Waals surface area contributed by atoms with Crippen molar-refractivity contribution in [3.63, 3.8) is 0 Å². The summed E-state index contributed by atoms with van der Waals surface area (Å²) in [7, 11) is 0. The van der Waals surface area contributed by atoms with Crippen LogP contribution in [-0.4, -0.2) is 25.9 Å². The first-order valence-electron chi connectivity index (χ1n) is 7.27. The lowest BCUT2D eigenvalue weighted by atomic mass is 9.90. The molecule has 1 unspecified atom stereocenters. The molecule has 1 aliphatic carbocycles. The first kappa shape index (κ1) is 17.4. The van der Waals surface area contributed by atoms with Crippen molar-refractivity contribution < 1.29 is 17.9 Å². The molecule has 0 radical (unpaired) electrons. The minimum absolute atomic E-state index is 0.0235. The first-order valence-corrected chi connectivity index (χ1v) is 7.65. The number of nitrogen functional groups attached to an aromatic ring is 1. The van der Waals surface area contributed by atoms with Crippen LogP contribution >= 0.6 is 11.6 Å². The fraction of sp³-hybridized carbons (Fsp3) is 0.600. The van der Waals surface area contributed by atoms with Crippen LogP contribution in [-0.2, 0) is 10.3 Å². The van der Waals surface area contributed by atoms with Gasteiger partial charge in [-0.3, -0.25) is 0 Å². The van der Waals surface area contributed by atoms with Gasteiger partial charge in [0.15, 0.2) is 0 Å². The van der Waals surface area contributed by atoms with Crippen LogP contribution in [0.3, 0.4) is 0 Å². The third-order valence-electron chi connectivity index (χ3n) is 3.79. The van der Waals surface area contributed by atoms with Gasteiger partial charge in [0.2, 0.25) is 5.60 Å². The topological polar surface area (TPSA) is 47.3 Å². The molecule has 0 bridgehead atoms. The predicted molar refractivity (Wildman–Crippen MR) is 80.8 cm³/mol. The van der Waals surface area contributed by atoms with Crippen molar-refractivity contribution in [2.45, 2.75) is 31.5 Å². The highest BCUT2D eigenvalue weighted by Crippen LogP contribution is 2.46. The van der Waals surface area contributed by atoms with Crippen LogP contribution in [0.2, 0.25) is 5.02 Å². The fourth-order valence-corrected chi connectivity index (χ4v) is 2.45. The van der Waals surface area contributed by atoms with Crippen LogP contribution in [0.15, 0.2) is 18.2 Å². The van der Waals surface area contributed by atoms with E-state index in [4.69, 9.17) is 22.1 Å². The number of benzene rings is 1. The molecule has 1 aromatic carbocycles. The standard InChI is InChI=1S/C15H20ClF3N2O/c1-2-21-9-14(15(17,18)19,22-8-10-3-4-10)12-7-11(16)5-6-13(12)20/h5-7,10,21H,2-4,8-9,20H2,1H3. The number of ether oxygens (including phenoxy) is 1. The lowest BCUT2D eigenvalue weighted by Gasteiger charge is -2.37. The van der Waals surface area contributed by atoms with Crippen molar-refractivity contribution in [3.05, 3.63) is 28.8 Å². The van der Waals surface area contributed by atoms with Crippen LogP contribution in [0.1, 0.15) is 25.3 Å². The maximum Gasteiger partial charge on any atom is 0.423 e. The van der Waals surface area contributed by atoms with Crippen LogP contribution in [0.5, 0.6) is 0 Å². The molecule has 0 spiro atoms. The van der Waals surface area contributed by atoms with Gasteiger partial charge in [-0.2, -0.15) is 13.2 Å². The second kappa shape index (κ2) is 6.64. The fourth-order valence-electron chi connectivity index (χ4n) is 2.28. The number of nitrogens with one attached hydrogen (secondary N) is 1. The summed E-state index contributed by atoms with van der Waals surface area (Å²) in [4.78, 5) is 0. The zero-order valence-electron chi connectivity index (χ0n) is 12.3. The van der Waals surface area contributed by atoms with E-state index in [1.165, 1.54) is 18.2 Å². The Balaban J connectivity index is 2.45. The average Bonchev–Trinajstić information content (AvgIpc) is 3.25. The molecule has 7 heteroatoms. The van der Waals surface area contributed by atoms with Crippen LogP contribution < -0.4 is 11.1 Å². The molecule has 1 aliphatic rings. The Kier molecular flexibility index (Phi) is 5.25. The second-order valence-corrected chi connectivity index (χ2v) is 6.03. The van der Waals surface area contributed by atoms with Crippen LogP contribution in [0.4, 0.5) is 18.9 Å². The van der Waals surface area contributed by atoms with Gasteiger partial charge in [-0.25, -0.2) is 0 Å². The Labute approximate surface area is 133 Å². The van der Waals surface area contributed by atoms with Crippen LogP contribution in [0, 0.1) is 5.92 Å². The van der Waals surface area contributed by atoms with Crippen molar-refractivity contribution in [1.29, 1.82) is 0 Å². The Morgan fingerprint density at radius 3 is 2.59 bits per heavy atom. The summed E-state index contributed by atoms with van der Waals surface area (Å²) in [6.45, 7) is 1.80. The zero-order valence-corrected chi connectivity index (χ0v) is 13.1. The first-order chi connectivity index (χ1) is 10.3. The predicted octanol–water partition coefficient (Wildman–Crippen LogP) is 3.72. The molecule has 0 heterocycles. The number of alkyl halides is 3. The van der Waals surface area contributed by atoms with Gasteiger partial charge in [-0.05, 0) is 43.5 Å². The lowest BCUT2D eigenvalue weighted by Crippen LogP contribution is -2.52. The molecule has 0 aromatic heterocycles. The minimum Gasteiger partial charge on any atom is -0.398 e. The van der Waals surface area contributed by atoms with Gasteiger partial charge >= 0.3 is 6.18 Å². The molecule has 124 valence electrons. The van der Waals surface area contributed by atoms with Gasteiger partial charge in [-0.15, -0.1) is 0 Å². The molecule has 1 aromatic rings. The summed E-state index contributed by atoms with van der Waals surface area (Å²) >= 11 is 5.88. The highest BCUT2D eigenvalue weighted by molar-refractivity contribution is 6.30. The molecule has 2 rings (SSSR count). The van der Waals surface area contributed by atoms with E-state index in [-0.39, 0.29) is 28.8 Å². The molecule has 1 atom stereocenters. The average molecular weight is 337 g/mol. The maximum atomic E-state index is 13.9. The molecule has 0 saturated heterocycles. The number of rotatable bonds is 7. The van der Waals surface area contributed by atoms with Crippen LogP contribution in [0.25, 0.3) is 0 Å². The Morgan fingerprint density at radius 1 is 1.36 bits per heavy atom. The molecule has 0 amide bonds. The summed E-state index contributed by atoms with van der Waals surface area (Å²) in [5.74, 6) is 0.198. The molecule has 22 heavy (non-hydrogen) atoms.